The number of carbonyl (C=O) groups excluding carboxylic acids is 1. The number of aromatic nitrogens is 2. The molecular weight excluding hydrogens is 436 g/mol. The first-order chi connectivity index (χ1) is 17.1. The molecule has 1 aromatic heterocycles. The fourth-order valence-corrected chi connectivity index (χ4v) is 3.95. The van der Waals surface area contributed by atoms with E-state index in [0.717, 1.165) is 33.4 Å². The summed E-state index contributed by atoms with van der Waals surface area (Å²) in [7, 11) is 1.55. The first kappa shape index (κ1) is 22.1. The molecule has 0 radical (unpaired) electrons. The number of nitrogens with zero attached hydrogens (tertiary/aromatic N) is 2. The molecule has 0 aliphatic heterocycles. The van der Waals surface area contributed by atoms with Gasteiger partial charge in [0.05, 0.1) is 23.9 Å². The van der Waals surface area contributed by atoms with Gasteiger partial charge in [-0.05, 0) is 48.9 Å². The van der Waals surface area contributed by atoms with Gasteiger partial charge < -0.3 is 15.4 Å². The van der Waals surface area contributed by atoms with Crippen molar-refractivity contribution in [2.45, 2.75) is 6.92 Å². The van der Waals surface area contributed by atoms with Gasteiger partial charge in [0.2, 0.25) is 5.95 Å². The van der Waals surface area contributed by atoms with Crippen LogP contribution in [0.15, 0.2) is 97.1 Å². The van der Waals surface area contributed by atoms with Crippen molar-refractivity contribution in [3.63, 3.8) is 0 Å². The monoisotopic (exact) mass is 460 g/mol. The lowest BCUT2D eigenvalue weighted by Gasteiger charge is -2.13. The molecule has 172 valence electrons. The normalized spacial score (nSPS) is 10.7. The maximum absolute atomic E-state index is 12.8. The van der Waals surface area contributed by atoms with Crippen molar-refractivity contribution in [2.24, 2.45) is 0 Å². The van der Waals surface area contributed by atoms with Crippen LogP contribution in [0.1, 0.15) is 15.9 Å². The highest BCUT2D eigenvalue weighted by Gasteiger charge is 2.13. The third-order valence-corrected chi connectivity index (χ3v) is 5.63. The Hall–Kier alpha value is -4.71. The first-order valence-electron chi connectivity index (χ1n) is 11.3. The Bertz CT molecular complexity index is 1520. The molecule has 0 aliphatic rings. The number of hydrogen-bond acceptors (Lipinski definition) is 5. The van der Waals surface area contributed by atoms with E-state index >= 15 is 0 Å². The predicted molar refractivity (Wildman–Crippen MR) is 140 cm³/mol. The number of para-hydroxylation sites is 1. The van der Waals surface area contributed by atoms with Crippen molar-refractivity contribution in [2.75, 3.05) is 17.7 Å². The summed E-state index contributed by atoms with van der Waals surface area (Å²) >= 11 is 0. The lowest BCUT2D eigenvalue weighted by atomic mass is 10.1. The number of amides is 1. The standard InChI is InChI=1S/C29H24N4O2/c1-19-15-16-23-25(17-19)32-29(33-27(23)20-9-4-3-5-10-20)31-22-12-8-11-21(18-22)30-28(34)24-13-6-7-14-26(24)35-2/h3-18H,1-2H3,(H,30,34)(H,31,32,33). The molecule has 0 bridgehead atoms. The number of aryl methyl sites for hydroxylation is 1. The highest BCUT2D eigenvalue weighted by Crippen LogP contribution is 2.29. The molecule has 5 rings (SSSR count). The molecule has 35 heavy (non-hydrogen) atoms. The van der Waals surface area contributed by atoms with Gasteiger partial charge in [-0.1, -0.05) is 60.7 Å². The van der Waals surface area contributed by atoms with Crippen LogP contribution in [0.2, 0.25) is 0 Å². The number of ether oxygens (including phenoxy) is 1. The summed E-state index contributed by atoms with van der Waals surface area (Å²) in [6.45, 7) is 2.05. The predicted octanol–water partition coefficient (Wildman–Crippen LogP) is 6.61. The van der Waals surface area contributed by atoms with Crippen LogP contribution in [0, 0.1) is 6.92 Å². The highest BCUT2D eigenvalue weighted by molar-refractivity contribution is 6.06. The van der Waals surface area contributed by atoms with Gasteiger partial charge in [0.25, 0.3) is 5.91 Å². The van der Waals surface area contributed by atoms with Crippen LogP contribution in [-0.4, -0.2) is 23.0 Å². The molecule has 0 aliphatic carbocycles. The molecule has 0 atom stereocenters. The quantitative estimate of drug-likeness (QED) is 0.298. The van der Waals surface area contributed by atoms with E-state index in [4.69, 9.17) is 14.7 Å². The Morgan fingerprint density at radius 3 is 2.40 bits per heavy atom. The zero-order valence-corrected chi connectivity index (χ0v) is 19.4. The van der Waals surface area contributed by atoms with Gasteiger partial charge in [0.1, 0.15) is 5.75 Å². The molecule has 1 amide bonds. The molecule has 4 aromatic carbocycles. The zero-order chi connectivity index (χ0) is 24.2. The van der Waals surface area contributed by atoms with Crippen molar-refractivity contribution in [1.29, 1.82) is 0 Å². The van der Waals surface area contributed by atoms with E-state index in [2.05, 4.69) is 28.8 Å². The van der Waals surface area contributed by atoms with Crippen LogP contribution >= 0.6 is 0 Å². The average molecular weight is 461 g/mol. The van der Waals surface area contributed by atoms with Gasteiger partial charge in [-0.2, -0.15) is 0 Å². The number of rotatable bonds is 6. The number of carbonyl (C=O) groups is 1. The van der Waals surface area contributed by atoms with E-state index in [1.54, 1.807) is 25.3 Å². The van der Waals surface area contributed by atoms with E-state index in [-0.39, 0.29) is 5.91 Å². The third kappa shape index (κ3) is 4.82. The molecule has 6 nitrogen and oxygen atoms in total. The fraction of sp³-hybridized carbons (Fsp3) is 0.0690. The van der Waals surface area contributed by atoms with Crippen LogP contribution < -0.4 is 15.4 Å². The summed E-state index contributed by atoms with van der Waals surface area (Å²) in [6.07, 6.45) is 0. The summed E-state index contributed by atoms with van der Waals surface area (Å²) < 4.78 is 5.31. The van der Waals surface area contributed by atoms with Gasteiger partial charge in [-0.3, -0.25) is 4.79 Å². The topological polar surface area (TPSA) is 76.1 Å². The summed E-state index contributed by atoms with van der Waals surface area (Å²) in [4.78, 5) is 22.4. The molecule has 0 saturated carbocycles. The lowest BCUT2D eigenvalue weighted by Crippen LogP contribution is -2.13. The van der Waals surface area contributed by atoms with Crippen LogP contribution in [0.25, 0.3) is 22.2 Å². The second-order valence-corrected chi connectivity index (χ2v) is 8.14. The Morgan fingerprint density at radius 1 is 0.800 bits per heavy atom. The number of nitrogens with one attached hydrogen (secondary N) is 2. The summed E-state index contributed by atoms with van der Waals surface area (Å²) in [5.74, 6) is 0.756. The van der Waals surface area contributed by atoms with Gasteiger partial charge in [-0.25, -0.2) is 9.97 Å². The average Bonchev–Trinajstić information content (AvgIpc) is 2.88. The van der Waals surface area contributed by atoms with Gasteiger partial charge in [-0.15, -0.1) is 0 Å². The van der Waals surface area contributed by atoms with E-state index in [1.165, 1.54) is 0 Å². The molecule has 0 saturated heterocycles. The first-order valence-corrected chi connectivity index (χ1v) is 11.3. The van der Waals surface area contributed by atoms with Crippen LogP contribution in [0.5, 0.6) is 5.75 Å². The smallest absolute Gasteiger partial charge is 0.259 e. The summed E-state index contributed by atoms with van der Waals surface area (Å²) in [5, 5.41) is 7.23. The van der Waals surface area contributed by atoms with Crippen molar-refractivity contribution >= 4 is 34.1 Å². The van der Waals surface area contributed by atoms with Crippen LogP contribution in [0.3, 0.4) is 0 Å². The molecule has 6 heteroatoms. The van der Waals surface area contributed by atoms with Crippen molar-refractivity contribution in [3.05, 3.63) is 108 Å². The molecular formula is C29H24N4O2. The van der Waals surface area contributed by atoms with Crippen molar-refractivity contribution < 1.29 is 9.53 Å². The number of benzene rings is 4. The number of hydrogen-bond donors (Lipinski definition) is 2. The van der Waals surface area contributed by atoms with Gasteiger partial charge in [0, 0.05) is 22.3 Å². The summed E-state index contributed by atoms with van der Waals surface area (Å²) in [6, 6.07) is 30.8. The van der Waals surface area contributed by atoms with Crippen LogP contribution in [0.4, 0.5) is 17.3 Å². The molecule has 5 aromatic rings. The van der Waals surface area contributed by atoms with Crippen molar-refractivity contribution in [1.82, 2.24) is 9.97 Å². The molecule has 0 unspecified atom stereocenters. The third-order valence-electron chi connectivity index (χ3n) is 5.63. The molecule has 1 heterocycles. The maximum Gasteiger partial charge on any atom is 0.259 e. The van der Waals surface area contributed by atoms with E-state index in [1.807, 2.05) is 67.6 Å². The van der Waals surface area contributed by atoms with E-state index < -0.39 is 0 Å². The van der Waals surface area contributed by atoms with E-state index in [9.17, 15) is 4.79 Å². The zero-order valence-electron chi connectivity index (χ0n) is 19.4. The second-order valence-electron chi connectivity index (χ2n) is 8.14. The van der Waals surface area contributed by atoms with Crippen molar-refractivity contribution in [3.8, 4) is 17.0 Å². The van der Waals surface area contributed by atoms with E-state index in [0.29, 0.717) is 22.9 Å². The molecule has 0 fully saturated rings. The second kappa shape index (κ2) is 9.65. The van der Waals surface area contributed by atoms with Gasteiger partial charge in [0.15, 0.2) is 0 Å². The Labute approximate surface area is 203 Å². The largest absolute Gasteiger partial charge is 0.496 e. The molecule has 2 N–H and O–H groups in total. The maximum atomic E-state index is 12.8. The number of fused-ring (bicyclic) bond motifs is 1. The SMILES string of the molecule is COc1ccccc1C(=O)Nc1cccc(Nc2nc(-c3ccccc3)c3ccc(C)cc3n2)c1. The summed E-state index contributed by atoms with van der Waals surface area (Å²) in [5.41, 5.74) is 5.74. The van der Waals surface area contributed by atoms with Crippen LogP contribution in [-0.2, 0) is 0 Å². The minimum Gasteiger partial charge on any atom is -0.496 e. The Balaban J connectivity index is 1.46. The molecule has 0 spiro atoms. The number of anilines is 3. The highest BCUT2D eigenvalue weighted by atomic mass is 16.5. The Morgan fingerprint density at radius 2 is 1.57 bits per heavy atom. The minimum atomic E-state index is -0.247. The minimum absolute atomic E-state index is 0.247. The fourth-order valence-electron chi connectivity index (χ4n) is 3.95. The lowest BCUT2D eigenvalue weighted by molar-refractivity contribution is 0.102. The number of methoxy groups -OCH3 is 1. The van der Waals surface area contributed by atoms with Gasteiger partial charge >= 0.3 is 0 Å². The Kier molecular flexibility index (Phi) is 6.09.